The van der Waals surface area contributed by atoms with Crippen molar-refractivity contribution in [2.45, 2.75) is 32.9 Å². The molecule has 2 rings (SSSR count). The number of rotatable bonds is 6. The molecule has 0 unspecified atom stereocenters. The monoisotopic (exact) mass is 277 g/mol. The maximum absolute atomic E-state index is 6.04. The van der Waals surface area contributed by atoms with Crippen LogP contribution >= 0.6 is 11.6 Å². The molecule has 4 heteroatoms. The molecule has 1 N–H and O–H groups in total. The van der Waals surface area contributed by atoms with Gasteiger partial charge in [0.2, 0.25) is 0 Å². The third-order valence-electron chi connectivity index (χ3n) is 3.15. The van der Waals surface area contributed by atoms with E-state index in [1.807, 2.05) is 29.1 Å². The van der Waals surface area contributed by atoms with Gasteiger partial charge in [-0.15, -0.1) is 0 Å². The summed E-state index contributed by atoms with van der Waals surface area (Å²) in [6, 6.07) is 8.39. The van der Waals surface area contributed by atoms with Crippen molar-refractivity contribution >= 4 is 11.6 Å². The highest BCUT2D eigenvalue weighted by molar-refractivity contribution is 6.30. The highest BCUT2D eigenvalue weighted by Gasteiger charge is 2.08. The summed E-state index contributed by atoms with van der Waals surface area (Å²) in [6.07, 6.45) is 4.98. The fourth-order valence-electron chi connectivity index (χ4n) is 2.16. The van der Waals surface area contributed by atoms with Gasteiger partial charge in [0, 0.05) is 23.8 Å². The summed E-state index contributed by atoms with van der Waals surface area (Å²) in [5.41, 5.74) is 2.44. The smallest absolute Gasteiger partial charge is 0.0534 e. The average Bonchev–Trinajstić information content (AvgIpc) is 2.80. The Morgan fingerprint density at radius 3 is 2.89 bits per heavy atom. The van der Waals surface area contributed by atoms with E-state index in [0.29, 0.717) is 6.04 Å². The first-order valence-corrected chi connectivity index (χ1v) is 7.04. The van der Waals surface area contributed by atoms with Gasteiger partial charge in [0.1, 0.15) is 0 Å². The summed E-state index contributed by atoms with van der Waals surface area (Å²) >= 11 is 6.04. The molecule has 0 aliphatic heterocycles. The fourth-order valence-corrected chi connectivity index (χ4v) is 2.36. The van der Waals surface area contributed by atoms with Crippen molar-refractivity contribution in [3.63, 3.8) is 0 Å². The summed E-state index contributed by atoms with van der Waals surface area (Å²) in [5.74, 6) is 0. The van der Waals surface area contributed by atoms with Crippen molar-refractivity contribution in [1.82, 2.24) is 15.1 Å². The number of hydrogen-bond donors (Lipinski definition) is 1. The number of benzene rings is 1. The molecule has 0 aliphatic carbocycles. The fraction of sp³-hybridized carbons (Fsp3) is 0.400. The molecule has 102 valence electrons. The normalized spacial score (nSPS) is 12.6. The molecule has 1 heterocycles. The van der Waals surface area contributed by atoms with Crippen LogP contribution in [0.3, 0.4) is 0 Å². The van der Waals surface area contributed by atoms with Gasteiger partial charge in [0.05, 0.1) is 12.7 Å². The molecule has 0 bridgehead atoms. The Morgan fingerprint density at radius 1 is 1.42 bits per heavy atom. The molecule has 0 aliphatic rings. The molecule has 0 saturated carbocycles. The second-order valence-electron chi connectivity index (χ2n) is 4.75. The molecule has 2 aromatic rings. The largest absolute Gasteiger partial charge is 0.308 e. The minimum Gasteiger partial charge on any atom is -0.308 e. The predicted octanol–water partition coefficient (Wildman–Crippen LogP) is 3.59. The summed E-state index contributed by atoms with van der Waals surface area (Å²) in [4.78, 5) is 0. The zero-order valence-corrected chi connectivity index (χ0v) is 12.2. The van der Waals surface area contributed by atoms with E-state index in [0.717, 1.165) is 24.5 Å². The Hall–Kier alpha value is -1.32. The molecule has 0 saturated heterocycles. The van der Waals surface area contributed by atoms with E-state index in [4.69, 9.17) is 11.6 Å². The Morgan fingerprint density at radius 2 is 2.26 bits per heavy atom. The van der Waals surface area contributed by atoms with Crippen LogP contribution in [-0.2, 0) is 6.54 Å². The highest BCUT2D eigenvalue weighted by atomic mass is 35.5. The SMILES string of the molecule is CC[C@H](NCCn1cc(C)cn1)c1cccc(Cl)c1. The van der Waals surface area contributed by atoms with Crippen molar-refractivity contribution < 1.29 is 0 Å². The number of hydrogen-bond acceptors (Lipinski definition) is 2. The second-order valence-corrected chi connectivity index (χ2v) is 5.19. The predicted molar refractivity (Wildman–Crippen MR) is 79.5 cm³/mol. The lowest BCUT2D eigenvalue weighted by atomic mass is 10.0. The van der Waals surface area contributed by atoms with Crippen LogP contribution in [0.1, 0.15) is 30.5 Å². The zero-order valence-electron chi connectivity index (χ0n) is 11.4. The molecular weight excluding hydrogens is 258 g/mol. The van der Waals surface area contributed by atoms with Crippen LogP contribution in [0.25, 0.3) is 0 Å². The number of aromatic nitrogens is 2. The Balaban J connectivity index is 1.89. The van der Waals surface area contributed by atoms with Crippen LogP contribution in [0.2, 0.25) is 5.02 Å². The molecule has 0 amide bonds. The lowest BCUT2D eigenvalue weighted by Crippen LogP contribution is -2.25. The van der Waals surface area contributed by atoms with E-state index < -0.39 is 0 Å². The van der Waals surface area contributed by atoms with E-state index in [9.17, 15) is 0 Å². The molecule has 19 heavy (non-hydrogen) atoms. The maximum atomic E-state index is 6.04. The van der Waals surface area contributed by atoms with Gasteiger partial charge in [0.25, 0.3) is 0 Å². The first kappa shape index (κ1) is 14.1. The number of aryl methyl sites for hydroxylation is 1. The average molecular weight is 278 g/mol. The summed E-state index contributed by atoms with van der Waals surface area (Å²) < 4.78 is 1.97. The molecule has 0 spiro atoms. The van der Waals surface area contributed by atoms with Gasteiger partial charge >= 0.3 is 0 Å². The van der Waals surface area contributed by atoms with Crippen molar-refractivity contribution in [3.05, 3.63) is 52.8 Å². The molecular formula is C15H20ClN3. The molecule has 3 nitrogen and oxygen atoms in total. The number of nitrogens with one attached hydrogen (secondary N) is 1. The summed E-state index contributed by atoms with van der Waals surface area (Å²) in [6.45, 7) is 6.01. The first-order valence-electron chi connectivity index (χ1n) is 6.67. The zero-order chi connectivity index (χ0) is 13.7. The molecule has 0 radical (unpaired) electrons. The topological polar surface area (TPSA) is 29.9 Å². The maximum Gasteiger partial charge on any atom is 0.0534 e. The lowest BCUT2D eigenvalue weighted by molar-refractivity contribution is 0.476. The standard InChI is InChI=1S/C15H20ClN3/c1-3-15(13-5-4-6-14(16)9-13)17-7-8-19-11-12(2)10-18-19/h4-6,9-11,15,17H,3,7-8H2,1-2H3/t15-/m0/s1. The van der Waals surface area contributed by atoms with Gasteiger partial charge in [-0.05, 0) is 36.6 Å². The summed E-state index contributed by atoms with van der Waals surface area (Å²) in [7, 11) is 0. The number of nitrogens with zero attached hydrogens (tertiary/aromatic N) is 2. The van der Waals surface area contributed by atoms with Crippen LogP contribution in [-0.4, -0.2) is 16.3 Å². The molecule has 1 aromatic carbocycles. The van der Waals surface area contributed by atoms with Crippen LogP contribution in [0.15, 0.2) is 36.7 Å². The number of halogens is 1. The van der Waals surface area contributed by atoms with Gasteiger partial charge in [-0.2, -0.15) is 5.10 Å². The van der Waals surface area contributed by atoms with Gasteiger partial charge < -0.3 is 5.32 Å². The quantitative estimate of drug-likeness (QED) is 0.875. The Bertz CT molecular complexity index is 522. The van der Waals surface area contributed by atoms with Crippen molar-refractivity contribution in [2.24, 2.45) is 0 Å². The van der Waals surface area contributed by atoms with E-state index in [1.165, 1.54) is 11.1 Å². The molecule has 1 atom stereocenters. The van der Waals surface area contributed by atoms with Gasteiger partial charge in [-0.1, -0.05) is 30.7 Å². The van der Waals surface area contributed by atoms with Crippen molar-refractivity contribution in [3.8, 4) is 0 Å². The van der Waals surface area contributed by atoms with Crippen molar-refractivity contribution in [2.75, 3.05) is 6.54 Å². The van der Waals surface area contributed by atoms with Crippen LogP contribution in [0.5, 0.6) is 0 Å². The van der Waals surface area contributed by atoms with Crippen molar-refractivity contribution in [1.29, 1.82) is 0 Å². The van der Waals surface area contributed by atoms with Crippen LogP contribution in [0.4, 0.5) is 0 Å². The summed E-state index contributed by atoms with van der Waals surface area (Å²) in [5, 5.41) is 8.62. The van der Waals surface area contributed by atoms with Gasteiger partial charge in [0.15, 0.2) is 0 Å². The van der Waals surface area contributed by atoms with E-state index in [-0.39, 0.29) is 0 Å². The third-order valence-corrected chi connectivity index (χ3v) is 3.39. The van der Waals surface area contributed by atoms with Gasteiger partial charge in [-0.3, -0.25) is 4.68 Å². The minimum atomic E-state index is 0.343. The molecule has 1 aromatic heterocycles. The van der Waals surface area contributed by atoms with Crippen LogP contribution < -0.4 is 5.32 Å². The highest BCUT2D eigenvalue weighted by Crippen LogP contribution is 2.20. The van der Waals surface area contributed by atoms with E-state index in [1.54, 1.807) is 0 Å². The van der Waals surface area contributed by atoms with E-state index >= 15 is 0 Å². The molecule has 0 fully saturated rings. The Kier molecular flexibility index (Phi) is 5.00. The third kappa shape index (κ3) is 4.08. The minimum absolute atomic E-state index is 0.343. The van der Waals surface area contributed by atoms with Gasteiger partial charge in [-0.25, -0.2) is 0 Å². The van der Waals surface area contributed by atoms with E-state index in [2.05, 4.69) is 36.5 Å². The second kappa shape index (κ2) is 6.73. The van der Waals surface area contributed by atoms with Crippen LogP contribution in [0, 0.1) is 6.92 Å². The Labute approximate surface area is 119 Å². The lowest BCUT2D eigenvalue weighted by Gasteiger charge is -2.17. The first-order chi connectivity index (χ1) is 9.19.